The average molecular weight is 1860 g/mol. The lowest BCUT2D eigenvalue weighted by molar-refractivity contribution is 0.572. The van der Waals surface area contributed by atoms with E-state index in [9.17, 15) is 0 Å². The van der Waals surface area contributed by atoms with E-state index < -0.39 is 0 Å². The standard InChI is InChI=1S/C136H110N4O4/c1-81(2)109-77-119(137(87-43-23-15-24-44-87)115-63-35-57-101-97-53-31-51-91(127(97)141-131(101)115)85-39-19-13-20-40-85)105-75-71-95-111(79-121(107-73-69-93(109)123(105)125(95)107)139(89-47-27-17-28-48-89)116-64-36-58-102-98-54-32-52-92(128(98)142-132(102)116)86-41-21-14-22-42-86)83(5)67-68-84(6)112-80-122(140(90-49-29-18-30-50-90)118-66-38-60-104-100-56-34-62-114(136(10,11)12)130(100)144-134(104)118)108-74-70-94-110(82(3)4)78-120(106-76-72-96(112)126(108)124(94)106)138(88-45-25-16-26-46-88)117-65-37-59-103-99-55-33-61-113(135(7,8)9)129(99)143-133(103)117/h13-66,69-84H,67-68H2,1-12H3. The van der Waals surface area contributed by atoms with Gasteiger partial charge in [0.2, 0.25) is 0 Å². The zero-order valence-corrected chi connectivity index (χ0v) is 83.3. The van der Waals surface area contributed by atoms with Gasteiger partial charge in [0, 0.05) is 110 Å². The predicted octanol–water partition coefficient (Wildman–Crippen LogP) is 40.8. The van der Waals surface area contributed by atoms with Gasteiger partial charge in [-0.05, 0) is 221 Å². The fourth-order valence-corrected chi connectivity index (χ4v) is 24.1. The van der Waals surface area contributed by atoms with E-state index in [1.54, 1.807) is 0 Å². The van der Waals surface area contributed by atoms with Gasteiger partial charge in [-0.2, -0.15) is 0 Å². The molecule has 0 N–H and O–H groups in total. The summed E-state index contributed by atoms with van der Waals surface area (Å²) in [6.07, 6.45) is 1.67. The lowest BCUT2D eigenvalue weighted by atomic mass is 9.80. The number of benzene rings is 22. The first-order valence-corrected chi connectivity index (χ1v) is 51.1. The summed E-state index contributed by atoms with van der Waals surface area (Å²) >= 11 is 0. The van der Waals surface area contributed by atoms with Crippen LogP contribution in [0.15, 0.2) is 418 Å². The van der Waals surface area contributed by atoms with Gasteiger partial charge in [-0.25, -0.2) is 0 Å². The molecule has 4 aromatic heterocycles. The van der Waals surface area contributed by atoms with Crippen LogP contribution in [-0.2, 0) is 10.8 Å². The maximum atomic E-state index is 7.57. The van der Waals surface area contributed by atoms with E-state index in [1.807, 2.05) is 0 Å². The minimum atomic E-state index is -0.194. The van der Waals surface area contributed by atoms with Gasteiger partial charge in [0.25, 0.3) is 0 Å². The van der Waals surface area contributed by atoms with Gasteiger partial charge in [0.15, 0.2) is 22.3 Å². The summed E-state index contributed by atoms with van der Waals surface area (Å²) in [4.78, 5) is 10.0. The Morgan fingerprint density at radius 3 is 0.688 bits per heavy atom. The van der Waals surface area contributed by atoms with Crippen molar-refractivity contribution in [2.75, 3.05) is 19.6 Å². The molecule has 698 valence electrons. The summed E-state index contributed by atoms with van der Waals surface area (Å²) in [5, 5.41) is 23.0. The molecule has 0 aliphatic heterocycles. The molecule has 26 rings (SSSR count). The minimum Gasteiger partial charge on any atom is -0.454 e. The minimum absolute atomic E-state index is 0.00827. The van der Waals surface area contributed by atoms with Gasteiger partial charge in [-0.15, -0.1) is 0 Å². The number of fused-ring (bicyclic) bond motifs is 12. The molecule has 4 heterocycles. The molecule has 0 fully saturated rings. The summed E-state index contributed by atoms with van der Waals surface area (Å²) in [6, 6.07) is 149. The van der Waals surface area contributed by atoms with Crippen molar-refractivity contribution in [1.29, 1.82) is 0 Å². The van der Waals surface area contributed by atoms with Crippen molar-refractivity contribution in [3.8, 4) is 22.3 Å². The Balaban J connectivity index is 0.708. The molecule has 0 saturated heterocycles. The number of furan rings is 4. The van der Waals surface area contributed by atoms with E-state index >= 15 is 0 Å². The summed E-state index contributed by atoms with van der Waals surface area (Å²) < 4.78 is 30.0. The summed E-state index contributed by atoms with van der Waals surface area (Å²) in [7, 11) is 0. The molecule has 0 aliphatic carbocycles. The highest BCUT2D eigenvalue weighted by Crippen LogP contribution is 2.59. The Morgan fingerprint density at radius 1 is 0.194 bits per heavy atom. The fourth-order valence-electron chi connectivity index (χ4n) is 24.1. The van der Waals surface area contributed by atoms with E-state index in [-0.39, 0.29) is 34.5 Å². The third-order valence-electron chi connectivity index (χ3n) is 31.0. The third-order valence-corrected chi connectivity index (χ3v) is 31.0. The molecule has 0 aliphatic rings. The SMILES string of the molecule is CC(C)c1cc(N(c2ccccc2)c2cccc3c2oc2c(-c4ccccc4)cccc23)c2ccc3c(C(C)CCC(C)c4cc(N(c5ccccc5)c5cccc6c5oc5c(C(C)(C)C)cccc56)c5ccc6c(C(C)C)cc(N(c7ccccc7)c7cccc8c7oc7c(C(C)(C)C)cccc78)c7ccc4c5c67)cc(N(c4ccccc4)c4cccc5c4oc4c(-c6ccccc6)cccc45)c4ccc1c2c34. The quantitative estimate of drug-likeness (QED) is 0.0660. The maximum absolute atomic E-state index is 7.57. The number of nitrogens with zero attached hydrogens (tertiary/aromatic N) is 4. The van der Waals surface area contributed by atoms with Crippen LogP contribution in [0.2, 0.25) is 0 Å². The van der Waals surface area contributed by atoms with Crippen LogP contribution in [0.4, 0.5) is 68.2 Å². The van der Waals surface area contributed by atoms with Crippen LogP contribution in [0.1, 0.15) is 153 Å². The second-order valence-electron chi connectivity index (χ2n) is 42.4. The van der Waals surface area contributed by atoms with E-state index in [2.05, 4.69) is 503 Å². The van der Waals surface area contributed by atoms with Gasteiger partial charge in [-0.3, -0.25) is 0 Å². The largest absolute Gasteiger partial charge is 0.454 e. The first-order valence-electron chi connectivity index (χ1n) is 51.1. The molecule has 0 bridgehead atoms. The Labute approximate surface area is 838 Å². The Morgan fingerprint density at radius 2 is 0.417 bits per heavy atom. The van der Waals surface area contributed by atoms with E-state index in [0.29, 0.717) is 0 Å². The van der Waals surface area contributed by atoms with Crippen molar-refractivity contribution in [3.63, 3.8) is 0 Å². The van der Waals surface area contributed by atoms with Gasteiger partial charge < -0.3 is 37.3 Å². The molecule has 22 aromatic carbocycles. The smallest absolute Gasteiger partial charge is 0.159 e. The van der Waals surface area contributed by atoms with Crippen molar-refractivity contribution in [3.05, 3.63) is 434 Å². The van der Waals surface area contributed by atoms with Crippen molar-refractivity contribution in [2.24, 2.45) is 0 Å². The first kappa shape index (κ1) is 87.6. The van der Waals surface area contributed by atoms with Crippen LogP contribution < -0.4 is 19.6 Å². The van der Waals surface area contributed by atoms with Gasteiger partial charge in [0.05, 0.1) is 45.5 Å². The lowest BCUT2D eigenvalue weighted by Gasteiger charge is -2.32. The molecule has 0 saturated carbocycles. The molecule has 26 aromatic rings. The van der Waals surface area contributed by atoms with Gasteiger partial charge in [0.1, 0.15) is 22.3 Å². The maximum Gasteiger partial charge on any atom is 0.159 e. The Hall–Kier alpha value is -16.7. The topological polar surface area (TPSA) is 65.5 Å². The normalized spacial score (nSPS) is 12.8. The number of para-hydroxylation sites is 12. The van der Waals surface area contributed by atoms with Crippen molar-refractivity contribution in [1.82, 2.24) is 0 Å². The second kappa shape index (κ2) is 34.1. The predicted molar refractivity (Wildman–Crippen MR) is 611 cm³/mol. The second-order valence-corrected chi connectivity index (χ2v) is 42.4. The number of anilines is 12. The molecule has 144 heavy (non-hydrogen) atoms. The van der Waals surface area contributed by atoms with E-state index in [4.69, 9.17) is 17.7 Å². The highest BCUT2D eigenvalue weighted by atomic mass is 16.3. The number of rotatable bonds is 21. The highest BCUT2D eigenvalue weighted by molar-refractivity contribution is 6.33. The van der Waals surface area contributed by atoms with Crippen LogP contribution >= 0.6 is 0 Å². The third kappa shape index (κ3) is 14.0. The molecule has 0 radical (unpaired) electrons. The first-order chi connectivity index (χ1) is 70.3. The molecule has 0 spiro atoms. The van der Waals surface area contributed by atoms with Crippen LogP contribution in [-0.4, -0.2) is 0 Å². The number of hydrogen-bond acceptors (Lipinski definition) is 8. The Kier molecular flexibility index (Phi) is 20.7. The molecule has 2 unspecified atom stereocenters. The van der Waals surface area contributed by atoms with Crippen molar-refractivity contribution in [2.45, 2.75) is 130 Å². The monoisotopic (exact) mass is 1860 g/mol. The molecule has 2 atom stereocenters. The summed E-state index contributed by atoms with van der Waals surface area (Å²) in [6.45, 7) is 28.2. The van der Waals surface area contributed by atoms with Crippen molar-refractivity contribution < 1.29 is 17.7 Å². The Bertz CT molecular complexity index is 9530. The lowest BCUT2D eigenvalue weighted by Crippen LogP contribution is -2.14. The summed E-state index contributed by atoms with van der Waals surface area (Å²) in [5.74, 6) is 0.217. The zero-order chi connectivity index (χ0) is 97.4. The van der Waals surface area contributed by atoms with E-state index in [0.717, 1.165) is 213 Å². The van der Waals surface area contributed by atoms with Crippen LogP contribution in [0.3, 0.4) is 0 Å². The van der Waals surface area contributed by atoms with Gasteiger partial charge in [-0.1, -0.05) is 386 Å². The van der Waals surface area contributed by atoms with Crippen LogP contribution in [0, 0.1) is 0 Å². The zero-order valence-electron chi connectivity index (χ0n) is 83.3. The highest BCUT2D eigenvalue weighted by Gasteiger charge is 2.36. The molecule has 0 amide bonds. The fraction of sp³-hybridized carbons (Fsp3) is 0.147. The molecule has 8 nitrogen and oxygen atoms in total. The molecular formula is C136H110N4O4. The van der Waals surface area contributed by atoms with Crippen molar-refractivity contribution >= 4 is 221 Å². The molecule has 8 heteroatoms. The van der Waals surface area contributed by atoms with E-state index in [1.165, 1.54) is 76.5 Å². The summed E-state index contributed by atoms with van der Waals surface area (Å²) in [5.41, 5.74) is 30.5. The van der Waals surface area contributed by atoms with Crippen LogP contribution in [0.5, 0.6) is 0 Å². The molecular weight excluding hydrogens is 1750 g/mol. The van der Waals surface area contributed by atoms with Gasteiger partial charge >= 0.3 is 0 Å². The average Bonchev–Trinajstić information content (AvgIpc) is 0.943. The number of hydrogen-bond donors (Lipinski definition) is 0. The van der Waals surface area contributed by atoms with Crippen LogP contribution in [0.25, 0.3) is 175 Å².